The molecular weight excluding hydrogens is 482 g/mol. The summed E-state index contributed by atoms with van der Waals surface area (Å²) in [5.74, 6) is 1.45. The molecule has 6 nitrogen and oxygen atoms in total. The van der Waals surface area contributed by atoms with Gasteiger partial charge in [0.1, 0.15) is 17.7 Å². The van der Waals surface area contributed by atoms with E-state index in [4.69, 9.17) is 26.6 Å². The van der Waals surface area contributed by atoms with E-state index in [0.717, 1.165) is 61.4 Å². The summed E-state index contributed by atoms with van der Waals surface area (Å²) < 4.78 is 7.16. The summed E-state index contributed by atoms with van der Waals surface area (Å²) in [6.45, 7) is 1.88. The lowest BCUT2D eigenvalue weighted by Crippen LogP contribution is -2.28. The maximum atomic E-state index is 12.5. The van der Waals surface area contributed by atoms with E-state index in [9.17, 15) is 4.79 Å². The van der Waals surface area contributed by atoms with Crippen LogP contribution in [0.1, 0.15) is 85.0 Å². The average molecular weight is 514 g/mol. The fourth-order valence-corrected chi connectivity index (χ4v) is 6.12. The van der Waals surface area contributed by atoms with Crippen molar-refractivity contribution in [2.24, 2.45) is 5.16 Å². The Morgan fingerprint density at radius 1 is 1.14 bits per heavy atom. The number of likely N-dealkylation sites (tertiary alicyclic amines) is 1. The van der Waals surface area contributed by atoms with Gasteiger partial charge in [0, 0.05) is 37.1 Å². The predicted molar refractivity (Wildman–Crippen MR) is 140 cm³/mol. The number of nitrogens with zero attached hydrogens (tertiary/aromatic N) is 2. The second-order valence-electron chi connectivity index (χ2n) is 9.67. The lowest BCUT2D eigenvalue weighted by molar-refractivity contribution is 0.0720. The normalized spacial score (nSPS) is 20.5. The number of benzene rings is 1. The number of ether oxygens (including phenoxy) is 1. The number of hydrogen-bond acceptors (Lipinski definition) is 6. The zero-order chi connectivity index (χ0) is 24.2. The van der Waals surface area contributed by atoms with Crippen molar-refractivity contribution in [3.8, 4) is 5.75 Å². The molecule has 0 bridgehead atoms. The number of ketones is 1. The number of Topliss-reactive ketones (excluding diaryl/α,β-unsaturated/α-hetero) is 1. The van der Waals surface area contributed by atoms with Gasteiger partial charge in [0.25, 0.3) is 0 Å². The zero-order valence-corrected chi connectivity index (χ0v) is 21.5. The third-order valence-electron chi connectivity index (χ3n) is 7.11. The van der Waals surface area contributed by atoms with Gasteiger partial charge in [-0.1, -0.05) is 29.2 Å². The number of nitrogens with one attached hydrogen (secondary N) is 1. The molecule has 0 radical (unpaired) electrons. The summed E-state index contributed by atoms with van der Waals surface area (Å²) in [5.41, 5.74) is 2.68. The number of oxime groups is 1. The van der Waals surface area contributed by atoms with Crippen LogP contribution in [0.25, 0.3) is 0 Å². The van der Waals surface area contributed by atoms with E-state index in [1.807, 2.05) is 18.2 Å². The Balaban J connectivity index is 1.28. The van der Waals surface area contributed by atoms with Crippen LogP contribution in [0.5, 0.6) is 5.75 Å². The van der Waals surface area contributed by atoms with Gasteiger partial charge >= 0.3 is 0 Å². The maximum Gasteiger partial charge on any atom is 0.172 e. The van der Waals surface area contributed by atoms with E-state index in [1.54, 1.807) is 12.1 Å². The number of halogens is 1. The molecule has 2 fully saturated rings. The van der Waals surface area contributed by atoms with Crippen LogP contribution in [0.3, 0.4) is 0 Å². The minimum Gasteiger partial charge on any atom is -0.490 e. The van der Waals surface area contributed by atoms with Crippen molar-refractivity contribution in [3.05, 3.63) is 50.7 Å². The fraction of sp³-hybridized carbons (Fsp3) is 0.519. The quantitative estimate of drug-likeness (QED) is 0.242. The van der Waals surface area contributed by atoms with Crippen LogP contribution in [0.4, 0.5) is 0 Å². The smallest absolute Gasteiger partial charge is 0.172 e. The van der Waals surface area contributed by atoms with E-state index in [-0.39, 0.29) is 18.0 Å². The third-order valence-corrected chi connectivity index (χ3v) is 8.38. The molecule has 1 atom stereocenters. The minimum atomic E-state index is -0.130. The minimum absolute atomic E-state index is 0.0880. The van der Waals surface area contributed by atoms with Crippen molar-refractivity contribution >= 4 is 40.3 Å². The third kappa shape index (κ3) is 5.89. The van der Waals surface area contributed by atoms with E-state index >= 15 is 0 Å². The van der Waals surface area contributed by atoms with Crippen molar-refractivity contribution in [3.63, 3.8) is 0 Å². The summed E-state index contributed by atoms with van der Waals surface area (Å²) in [4.78, 5) is 21.0. The molecule has 1 N–H and O–H groups in total. The molecule has 1 aliphatic carbocycles. The lowest BCUT2D eigenvalue weighted by Gasteiger charge is -2.25. The van der Waals surface area contributed by atoms with E-state index in [1.165, 1.54) is 30.6 Å². The Hall–Kier alpha value is -2.38. The molecule has 5 rings (SSSR count). The summed E-state index contributed by atoms with van der Waals surface area (Å²) in [5, 5.41) is 13.1. The highest BCUT2D eigenvalue weighted by molar-refractivity contribution is 7.18. The van der Waals surface area contributed by atoms with Crippen LogP contribution in [-0.4, -0.2) is 47.5 Å². The molecule has 1 aromatic carbocycles. The molecule has 1 unspecified atom stereocenters. The van der Waals surface area contributed by atoms with E-state index in [0.29, 0.717) is 34.3 Å². The highest BCUT2D eigenvalue weighted by Gasteiger charge is 2.27. The van der Waals surface area contributed by atoms with Gasteiger partial charge in [-0.2, -0.15) is 0 Å². The molecule has 0 spiro atoms. The largest absolute Gasteiger partial charge is 0.490 e. The highest BCUT2D eigenvalue weighted by Crippen LogP contribution is 2.32. The van der Waals surface area contributed by atoms with Crippen molar-refractivity contribution in [2.75, 3.05) is 13.1 Å². The Kier molecular flexibility index (Phi) is 7.73. The van der Waals surface area contributed by atoms with Crippen LogP contribution < -0.4 is 4.74 Å². The number of carbonyl (C=O) groups excluding carboxylic acids is 1. The van der Waals surface area contributed by atoms with Gasteiger partial charge in [-0.25, -0.2) is 0 Å². The van der Waals surface area contributed by atoms with Gasteiger partial charge in [0.15, 0.2) is 5.78 Å². The van der Waals surface area contributed by atoms with E-state index in [2.05, 4.69) is 10.1 Å². The first kappa shape index (κ1) is 24.3. The fourth-order valence-electron chi connectivity index (χ4n) is 5.11. The number of rotatable bonds is 8. The monoisotopic (exact) mass is 513 g/mol. The molecule has 1 saturated heterocycles. The average Bonchev–Trinajstić information content (AvgIpc) is 3.65. The first-order valence-corrected chi connectivity index (χ1v) is 13.9. The second-order valence-corrected chi connectivity index (χ2v) is 11.4. The SMILES string of the molecule is N=C(c1ccc(C2=NOC(CCC(=O)c3ccc(Cl)s3)C2)c(OC2CCCCC2)c1)N1CCCC1. The maximum absolute atomic E-state index is 12.5. The summed E-state index contributed by atoms with van der Waals surface area (Å²) >= 11 is 7.28. The van der Waals surface area contributed by atoms with Crippen LogP contribution in [-0.2, 0) is 4.84 Å². The van der Waals surface area contributed by atoms with Crippen LogP contribution >= 0.6 is 22.9 Å². The molecule has 35 heavy (non-hydrogen) atoms. The molecule has 2 aliphatic heterocycles. The van der Waals surface area contributed by atoms with Crippen LogP contribution in [0, 0.1) is 5.41 Å². The number of hydrogen-bond donors (Lipinski definition) is 1. The standard InChI is InChI=1S/C27H32ClN3O3S/c28-26-13-12-25(35-26)23(32)11-9-20-17-22(30-34-20)21-10-8-18(27(29)31-14-4-5-15-31)16-24(21)33-19-6-2-1-3-7-19/h8,10,12-13,16,19-20,29H,1-7,9,11,14-15,17H2. The molecule has 1 aromatic heterocycles. The Labute approximate surface area is 215 Å². The first-order chi connectivity index (χ1) is 17.1. The van der Waals surface area contributed by atoms with E-state index < -0.39 is 0 Å². The Bertz CT molecular complexity index is 1100. The van der Waals surface area contributed by atoms with Crippen LogP contribution in [0.2, 0.25) is 4.34 Å². The lowest BCUT2D eigenvalue weighted by atomic mass is 9.96. The molecule has 186 valence electrons. The van der Waals surface area contributed by atoms with Gasteiger partial charge in [0.05, 0.1) is 21.0 Å². The predicted octanol–water partition coefficient (Wildman–Crippen LogP) is 6.69. The number of amidine groups is 1. The van der Waals surface area contributed by atoms with Gasteiger partial charge in [0.2, 0.25) is 0 Å². The van der Waals surface area contributed by atoms with Crippen molar-refractivity contribution in [1.29, 1.82) is 5.41 Å². The first-order valence-electron chi connectivity index (χ1n) is 12.7. The number of thiophene rings is 1. The van der Waals surface area contributed by atoms with Gasteiger partial charge in [-0.05, 0) is 69.2 Å². The Morgan fingerprint density at radius 2 is 1.94 bits per heavy atom. The van der Waals surface area contributed by atoms with Gasteiger partial charge in [-0.3, -0.25) is 10.2 Å². The van der Waals surface area contributed by atoms with Crippen molar-refractivity contribution in [1.82, 2.24) is 4.90 Å². The summed E-state index contributed by atoms with van der Waals surface area (Å²) in [6.07, 6.45) is 9.79. The van der Waals surface area contributed by atoms with Gasteiger partial charge in [-0.15, -0.1) is 11.3 Å². The molecule has 8 heteroatoms. The second kappa shape index (κ2) is 11.1. The summed E-state index contributed by atoms with van der Waals surface area (Å²) in [6, 6.07) is 9.59. The highest BCUT2D eigenvalue weighted by atomic mass is 35.5. The molecular formula is C27H32ClN3O3S. The molecule has 2 aromatic rings. The van der Waals surface area contributed by atoms with Gasteiger partial charge < -0.3 is 14.5 Å². The topological polar surface area (TPSA) is 75.0 Å². The summed E-state index contributed by atoms with van der Waals surface area (Å²) in [7, 11) is 0. The molecule has 1 saturated carbocycles. The molecule has 3 heterocycles. The zero-order valence-electron chi connectivity index (χ0n) is 19.9. The van der Waals surface area contributed by atoms with Crippen molar-refractivity contribution in [2.45, 2.75) is 76.4 Å². The number of carbonyl (C=O) groups is 1. The molecule has 0 amide bonds. The van der Waals surface area contributed by atoms with Crippen molar-refractivity contribution < 1.29 is 14.4 Å². The Morgan fingerprint density at radius 3 is 2.69 bits per heavy atom. The molecule has 3 aliphatic rings. The van der Waals surface area contributed by atoms with Crippen LogP contribution in [0.15, 0.2) is 35.5 Å².